The fraction of sp³-hybridized carbons (Fsp3) is 0.476. The molecule has 154 valence electrons. The lowest BCUT2D eigenvalue weighted by molar-refractivity contribution is 0.135. The summed E-state index contributed by atoms with van der Waals surface area (Å²) in [5.74, 6) is 1.96. The summed E-state index contributed by atoms with van der Waals surface area (Å²) in [5.41, 5.74) is 2.48. The Labute approximate surface area is 174 Å². The minimum atomic E-state index is 0.329. The first-order valence-electron chi connectivity index (χ1n) is 10.5. The van der Waals surface area contributed by atoms with Gasteiger partial charge < -0.3 is 10.6 Å². The Balaban J connectivity index is 1.37. The molecule has 3 N–H and O–H groups in total. The van der Waals surface area contributed by atoms with Gasteiger partial charge >= 0.3 is 0 Å². The highest BCUT2D eigenvalue weighted by atomic mass is 15.3. The maximum absolute atomic E-state index is 8.93. The van der Waals surface area contributed by atoms with Crippen molar-refractivity contribution in [2.75, 3.05) is 17.2 Å². The minimum absolute atomic E-state index is 0.329. The van der Waals surface area contributed by atoms with Gasteiger partial charge in [0.05, 0.1) is 11.6 Å². The average molecular weight is 403 g/mol. The number of rotatable bonds is 6. The molecule has 3 aromatic rings. The maximum atomic E-state index is 8.93. The topological polar surface area (TPSA) is 118 Å². The molecule has 2 aliphatic rings. The molecule has 2 saturated heterocycles. The molecule has 0 radical (unpaired) electrons. The number of nitrogens with one attached hydrogen (secondary N) is 3. The number of aromatic nitrogens is 5. The van der Waals surface area contributed by atoms with E-state index in [4.69, 9.17) is 15.2 Å². The summed E-state index contributed by atoms with van der Waals surface area (Å²) < 4.78 is 0. The van der Waals surface area contributed by atoms with Gasteiger partial charge in [-0.2, -0.15) is 15.3 Å². The summed E-state index contributed by atoms with van der Waals surface area (Å²) in [6.07, 6.45) is 6.88. The van der Waals surface area contributed by atoms with Crippen molar-refractivity contribution in [1.29, 1.82) is 5.26 Å². The van der Waals surface area contributed by atoms with Crippen molar-refractivity contribution in [3.05, 3.63) is 30.1 Å². The number of nitrogens with zero attached hydrogens (tertiary/aromatic N) is 6. The van der Waals surface area contributed by atoms with Crippen LogP contribution in [0.5, 0.6) is 0 Å². The summed E-state index contributed by atoms with van der Waals surface area (Å²) in [5, 5.41) is 23.0. The molecule has 2 bridgehead atoms. The predicted molar refractivity (Wildman–Crippen MR) is 114 cm³/mol. The second kappa shape index (κ2) is 7.88. The zero-order valence-electron chi connectivity index (χ0n) is 17.0. The standard InChI is InChI=1S/C21H25N9/c1-13-10-18(29-28-13)26-20-19-17(4-2-8-23-19)25-21(27-20)24-14-11-15-5-6-16(12-14)30(15)9-3-7-22/h2,4,8,10,14-16H,3,5-6,9,11-12H2,1H3,(H3,24,25,26,27,28,29)/t14-,15-,16+. The lowest BCUT2D eigenvalue weighted by Crippen LogP contribution is -2.47. The number of nitriles is 1. The highest BCUT2D eigenvalue weighted by molar-refractivity contribution is 5.87. The Morgan fingerprint density at radius 3 is 2.83 bits per heavy atom. The van der Waals surface area contributed by atoms with Gasteiger partial charge in [-0.1, -0.05) is 0 Å². The van der Waals surface area contributed by atoms with E-state index >= 15 is 0 Å². The van der Waals surface area contributed by atoms with Crippen LogP contribution in [0.15, 0.2) is 24.4 Å². The summed E-state index contributed by atoms with van der Waals surface area (Å²) in [4.78, 5) is 16.4. The summed E-state index contributed by atoms with van der Waals surface area (Å²) in [6.45, 7) is 2.84. The number of piperidine rings is 1. The minimum Gasteiger partial charge on any atom is -0.351 e. The van der Waals surface area contributed by atoms with E-state index in [0.717, 1.165) is 36.1 Å². The summed E-state index contributed by atoms with van der Waals surface area (Å²) in [6, 6.07) is 9.46. The number of aromatic amines is 1. The van der Waals surface area contributed by atoms with Gasteiger partial charge in [-0.05, 0) is 44.7 Å². The van der Waals surface area contributed by atoms with Crippen molar-refractivity contribution in [2.45, 2.75) is 57.2 Å². The van der Waals surface area contributed by atoms with E-state index < -0.39 is 0 Å². The molecular weight excluding hydrogens is 378 g/mol. The zero-order chi connectivity index (χ0) is 20.5. The van der Waals surface area contributed by atoms with E-state index in [1.165, 1.54) is 12.8 Å². The van der Waals surface area contributed by atoms with Crippen LogP contribution in [0.1, 0.15) is 37.8 Å². The fourth-order valence-electron chi connectivity index (χ4n) is 4.84. The van der Waals surface area contributed by atoms with Crippen molar-refractivity contribution in [3.8, 4) is 6.07 Å². The number of hydrogen-bond acceptors (Lipinski definition) is 8. The van der Waals surface area contributed by atoms with Crippen LogP contribution in [-0.4, -0.2) is 54.7 Å². The maximum Gasteiger partial charge on any atom is 0.225 e. The molecule has 5 rings (SSSR count). The molecule has 0 unspecified atom stereocenters. The van der Waals surface area contributed by atoms with Gasteiger partial charge in [0, 0.05) is 49.0 Å². The first kappa shape index (κ1) is 18.8. The van der Waals surface area contributed by atoms with Gasteiger partial charge in [0.1, 0.15) is 5.52 Å². The molecule has 0 amide bonds. The molecule has 2 fully saturated rings. The largest absolute Gasteiger partial charge is 0.351 e. The van der Waals surface area contributed by atoms with E-state index in [-0.39, 0.29) is 0 Å². The van der Waals surface area contributed by atoms with E-state index in [1.54, 1.807) is 6.20 Å². The Morgan fingerprint density at radius 2 is 2.10 bits per heavy atom. The van der Waals surface area contributed by atoms with Crippen molar-refractivity contribution in [3.63, 3.8) is 0 Å². The monoisotopic (exact) mass is 403 g/mol. The lowest BCUT2D eigenvalue weighted by atomic mass is 9.97. The molecule has 2 aliphatic heterocycles. The van der Waals surface area contributed by atoms with Crippen LogP contribution in [0.4, 0.5) is 17.6 Å². The molecule has 3 aromatic heterocycles. The number of fused-ring (bicyclic) bond motifs is 3. The number of pyridine rings is 1. The molecule has 0 aliphatic carbocycles. The third kappa shape index (κ3) is 3.66. The van der Waals surface area contributed by atoms with Crippen molar-refractivity contribution in [2.24, 2.45) is 0 Å². The van der Waals surface area contributed by atoms with Gasteiger partial charge in [-0.3, -0.25) is 15.0 Å². The fourth-order valence-corrected chi connectivity index (χ4v) is 4.84. The predicted octanol–water partition coefficient (Wildman–Crippen LogP) is 3.12. The normalized spacial score (nSPS) is 23.4. The number of anilines is 3. The van der Waals surface area contributed by atoms with Gasteiger partial charge in [0.25, 0.3) is 0 Å². The molecule has 30 heavy (non-hydrogen) atoms. The number of hydrogen-bond donors (Lipinski definition) is 3. The smallest absolute Gasteiger partial charge is 0.225 e. The molecule has 9 heteroatoms. The summed E-state index contributed by atoms with van der Waals surface area (Å²) >= 11 is 0. The third-order valence-corrected chi connectivity index (χ3v) is 6.11. The van der Waals surface area contributed by atoms with Crippen LogP contribution in [0, 0.1) is 18.3 Å². The molecule has 0 aromatic carbocycles. The van der Waals surface area contributed by atoms with Crippen molar-refractivity contribution < 1.29 is 0 Å². The van der Waals surface area contributed by atoms with E-state index in [2.05, 4.69) is 36.8 Å². The number of H-pyrrole nitrogens is 1. The van der Waals surface area contributed by atoms with Crippen LogP contribution in [-0.2, 0) is 0 Å². The lowest BCUT2D eigenvalue weighted by Gasteiger charge is -2.38. The highest BCUT2D eigenvalue weighted by Gasteiger charge is 2.40. The van der Waals surface area contributed by atoms with Gasteiger partial charge in [0.2, 0.25) is 5.95 Å². The van der Waals surface area contributed by atoms with E-state index in [0.29, 0.717) is 42.1 Å². The van der Waals surface area contributed by atoms with Gasteiger partial charge in [-0.25, -0.2) is 4.98 Å². The Bertz CT molecular complexity index is 1070. The first-order valence-corrected chi connectivity index (χ1v) is 10.5. The van der Waals surface area contributed by atoms with Crippen LogP contribution < -0.4 is 10.6 Å². The van der Waals surface area contributed by atoms with Crippen LogP contribution in [0.2, 0.25) is 0 Å². The Morgan fingerprint density at radius 1 is 1.27 bits per heavy atom. The molecular formula is C21H25N9. The van der Waals surface area contributed by atoms with Crippen LogP contribution in [0.3, 0.4) is 0 Å². The Hall–Kier alpha value is -3.25. The third-order valence-electron chi connectivity index (χ3n) is 6.11. The molecule has 3 atom stereocenters. The second-order valence-corrected chi connectivity index (χ2v) is 8.17. The quantitative estimate of drug-likeness (QED) is 0.574. The molecule has 5 heterocycles. The van der Waals surface area contributed by atoms with Gasteiger partial charge in [-0.15, -0.1) is 0 Å². The van der Waals surface area contributed by atoms with E-state index in [1.807, 2.05) is 25.1 Å². The van der Waals surface area contributed by atoms with Gasteiger partial charge in [0.15, 0.2) is 11.6 Å². The summed E-state index contributed by atoms with van der Waals surface area (Å²) in [7, 11) is 0. The highest BCUT2D eigenvalue weighted by Crippen LogP contribution is 2.36. The van der Waals surface area contributed by atoms with Crippen molar-refractivity contribution >= 4 is 28.6 Å². The van der Waals surface area contributed by atoms with Crippen LogP contribution >= 0.6 is 0 Å². The molecule has 0 saturated carbocycles. The molecule has 9 nitrogen and oxygen atoms in total. The first-order chi connectivity index (χ1) is 14.7. The average Bonchev–Trinajstić information content (AvgIpc) is 3.25. The van der Waals surface area contributed by atoms with Crippen LogP contribution in [0.25, 0.3) is 11.0 Å². The number of aryl methyl sites for hydroxylation is 1. The van der Waals surface area contributed by atoms with Crippen molar-refractivity contribution in [1.82, 2.24) is 30.0 Å². The Kier molecular flexibility index (Phi) is 4.93. The SMILES string of the molecule is Cc1cc(Nc2nc(N[C@@H]3C[C@H]4CC[C@@H](C3)N4CCC#N)nc3cccnc23)n[nH]1. The zero-order valence-corrected chi connectivity index (χ0v) is 17.0. The van der Waals surface area contributed by atoms with E-state index in [9.17, 15) is 0 Å². The molecule has 0 spiro atoms. The second-order valence-electron chi connectivity index (χ2n) is 8.17.